The molecule has 0 aliphatic carbocycles. The molecule has 21 rings (SSSR count). The van der Waals surface area contributed by atoms with Gasteiger partial charge in [-0.1, -0.05) is 6.92 Å². The predicted molar refractivity (Wildman–Crippen MR) is 230 cm³/mol. The summed E-state index contributed by atoms with van der Waals surface area (Å²) in [6.45, 7) is -5.26. The van der Waals surface area contributed by atoms with Crippen LogP contribution in [0.25, 0.3) is 0 Å². The lowest BCUT2D eigenvalue weighted by molar-refractivity contribution is -0.394. The van der Waals surface area contributed by atoms with Gasteiger partial charge in [-0.15, -0.1) is 0 Å². The third-order valence-electron chi connectivity index (χ3n) is 15.0. The standard InChI is InChI=1S/C43H72O33/c1-10-20(52)31-14(4-45)65-37(10)71-32-15(5-46)67-41(27(59)22(32)54)75-35-18(8-49)70-43(30(62)25(35)57)76-36-19(9-50)69-42(29(61)24(36)56)74-34-17(7-48)66-39(26(58)21(34)53)63-12-2-11(51)38(64-13(12)3-44)72-33-16(6-47)68-40(73-31)28(60)23(33)55/h10-62H,2-9H2,1H3/t10?,11?,12-,13?,14?,15?,16?,17?,18?,19?,20+,21+,22+,23+,24+,25+,26?,27?,28?,29?,30?,31+,32+,33+,34+,35+,36+,37+,38+,39-,40+,41+,42+,43+/m0/s1. The van der Waals surface area contributed by atoms with Gasteiger partial charge in [0.2, 0.25) is 0 Å². The van der Waals surface area contributed by atoms with Gasteiger partial charge in [0, 0.05) is 12.3 Å². The Hall–Kier alpha value is -1.32. The summed E-state index contributed by atoms with van der Waals surface area (Å²) in [5.41, 5.74) is 0. The van der Waals surface area contributed by atoms with Crippen molar-refractivity contribution in [1.82, 2.24) is 0 Å². The minimum Gasteiger partial charge on any atom is -0.394 e. The van der Waals surface area contributed by atoms with Crippen molar-refractivity contribution in [2.75, 3.05) is 46.2 Å². The summed E-state index contributed by atoms with van der Waals surface area (Å²) in [5, 5.41) is 209. The van der Waals surface area contributed by atoms with Crippen LogP contribution in [0.4, 0.5) is 0 Å². The minimum absolute atomic E-state index is 0.480. The highest BCUT2D eigenvalue weighted by Gasteiger charge is 2.58. The second-order valence-corrected chi connectivity index (χ2v) is 19.9. The molecule has 19 N–H and O–H groups in total. The molecule has 0 radical (unpaired) electrons. The van der Waals surface area contributed by atoms with Crippen LogP contribution in [0.1, 0.15) is 13.3 Å². The molecule has 0 spiro atoms. The fourth-order valence-electron chi connectivity index (χ4n) is 10.6. The molecule has 21 aliphatic rings. The van der Waals surface area contributed by atoms with Crippen LogP contribution in [0.3, 0.4) is 0 Å². The fraction of sp³-hybridized carbons (Fsp3) is 1.00. The first-order valence-corrected chi connectivity index (χ1v) is 24.8. The number of aliphatic hydroxyl groups is 19. The Kier molecular flexibility index (Phi) is 20.7. The van der Waals surface area contributed by atoms with E-state index in [9.17, 15) is 97.0 Å². The highest BCUT2D eigenvalue weighted by atomic mass is 16.8. The fourth-order valence-corrected chi connectivity index (χ4v) is 10.6. The summed E-state index contributed by atoms with van der Waals surface area (Å²) in [6, 6.07) is 0. The van der Waals surface area contributed by atoms with Crippen molar-refractivity contribution in [3.8, 4) is 0 Å². The van der Waals surface area contributed by atoms with Gasteiger partial charge < -0.3 is 163 Å². The largest absolute Gasteiger partial charge is 0.394 e. The Bertz CT molecular complexity index is 1780. The van der Waals surface area contributed by atoms with E-state index in [0.29, 0.717) is 0 Å². The molecule has 0 amide bonds. The lowest BCUT2D eigenvalue weighted by atomic mass is 9.91. The maximum absolute atomic E-state index is 11.6. The van der Waals surface area contributed by atoms with Crippen molar-refractivity contribution in [1.29, 1.82) is 0 Å². The zero-order valence-corrected chi connectivity index (χ0v) is 40.5. The maximum Gasteiger partial charge on any atom is 0.187 e. The van der Waals surface area contributed by atoms with Gasteiger partial charge in [0.25, 0.3) is 0 Å². The van der Waals surface area contributed by atoms with Crippen molar-refractivity contribution in [2.24, 2.45) is 5.92 Å². The summed E-state index contributed by atoms with van der Waals surface area (Å²) in [4.78, 5) is 0. The number of hydrogen-bond donors (Lipinski definition) is 19. The van der Waals surface area contributed by atoms with Gasteiger partial charge in [-0.05, 0) is 0 Å². The molecule has 14 bridgehead atoms. The molecule has 14 unspecified atom stereocenters. The van der Waals surface area contributed by atoms with Crippen LogP contribution in [-0.4, -0.2) is 346 Å². The summed E-state index contributed by atoms with van der Waals surface area (Å²) in [7, 11) is 0. The number of ether oxygens (including phenoxy) is 14. The summed E-state index contributed by atoms with van der Waals surface area (Å²) in [5.74, 6) is -1.18. The van der Waals surface area contributed by atoms with E-state index in [1.54, 1.807) is 0 Å². The van der Waals surface area contributed by atoms with E-state index in [1.165, 1.54) is 6.92 Å². The molecule has 0 saturated carbocycles. The Morgan fingerprint density at radius 2 is 0.474 bits per heavy atom. The third-order valence-corrected chi connectivity index (χ3v) is 15.0. The van der Waals surface area contributed by atoms with Gasteiger partial charge >= 0.3 is 0 Å². The first kappa shape index (κ1) is 60.8. The first-order chi connectivity index (χ1) is 36.2. The van der Waals surface area contributed by atoms with Gasteiger partial charge in [0.05, 0.1) is 58.5 Å². The number of aliphatic hydroxyl groups excluding tert-OH is 19. The van der Waals surface area contributed by atoms with E-state index in [1.807, 2.05) is 0 Å². The molecule has 21 aliphatic heterocycles. The van der Waals surface area contributed by atoms with Gasteiger partial charge in [0.1, 0.15) is 146 Å². The van der Waals surface area contributed by atoms with Gasteiger partial charge in [-0.3, -0.25) is 0 Å². The van der Waals surface area contributed by atoms with E-state index < -0.39 is 261 Å². The Balaban J connectivity index is 1.07. The van der Waals surface area contributed by atoms with E-state index >= 15 is 0 Å². The SMILES string of the molecule is CC1[C@@H]2OC(CO)[C@@H](O[C@H]3OC(CO)[C@@H](O[C@H]4OC(CO)[C@H](CC4O)O[C@H]4OC(CO)[C@@H](O[C@H]5OC(CO)[C@@H](O[C@H]6OC(CO)[C@@H](O[C@H]7OC(CO)[C@@H](O2)[C@H](O)C7O)[C@H](O)C6O)[C@H](O)C5O)[C@H](O)C4O)[C@H](O)C3O)[C@@H]1O. The van der Waals surface area contributed by atoms with E-state index in [4.69, 9.17) is 66.3 Å². The van der Waals surface area contributed by atoms with Crippen LogP contribution < -0.4 is 0 Å². The van der Waals surface area contributed by atoms with Crippen molar-refractivity contribution < 1.29 is 163 Å². The van der Waals surface area contributed by atoms with Crippen LogP contribution in [0.5, 0.6) is 0 Å². The zero-order chi connectivity index (χ0) is 55.2. The third kappa shape index (κ3) is 12.0. The molecule has 21 fully saturated rings. The van der Waals surface area contributed by atoms with E-state index in [0.717, 1.165) is 0 Å². The van der Waals surface area contributed by atoms with Gasteiger partial charge in [-0.25, -0.2) is 0 Å². The first-order valence-electron chi connectivity index (χ1n) is 24.8. The maximum atomic E-state index is 11.6. The molecule has 33 nitrogen and oxygen atoms in total. The molecule has 0 aromatic rings. The van der Waals surface area contributed by atoms with Crippen molar-refractivity contribution in [2.45, 2.75) is 216 Å². The zero-order valence-electron chi connectivity index (χ0n) is 40.5. The van der Waals surface area contributed by atoms with Crippen molar-refractivity contribution in [3.63, 3.8) is 0 Å². The lowest BCUT2D eigenvalue weighted by Crippen LogP contribution is -2.68. The normalized spacial score (nSPS) is 54.9. The predicted octanol–water partition coefficient (Wildman–Crippen LogP) is -12.9. The Morgan fingerprint density at radius 3 is 0.763 bits per heavy atom. The monoisotopic (exact) mass is 1120 g/mol. The van der Waals surface area contributed by atoms with Gasteiger partial charge in [-0.2, -0.15) is 0 Å². The summed E-state index contributed by atoms with van der Waals surface area (Å²) < 4.78 is 81.0. The Morgan fingerprint density at radius 1 is 0.250 bits per heavy atom. The minimum atomic E-state index is -2.16. The van der Waals surface area contributed by atoms with Crippen LogP contribution >= 0.6 is 0 Å². The molecule has 0 aromatic heterocycles. The topological polar surface area (TPSA) is 514 Å². The number of hydrogen-bond acceptors (Lipinski definition) is 33. The highest BCUT2D eigenvalue weighted by Crippen LogP contribution is 2.39. The molecular weight excluding hydrogens is 1040 g/mol. The molecule has 34 atom stereocenters. The highest BCUT2D eigenvalue weighted by molar-refractivity contribution is 5.00. The average Bonchev–Trinajstić information content (AvgIpc) is 3.42. The molecule has 76 heavy (non-hydrogen) atoms. The van der Waals surface area contributed by atoms with Crippen molar-refractivity contribution in [3.05, 3.63) is 0 Å². The molecule has 21 heterocycles. The number of rotatable bonds is 7. The van der Waals surface area contributed by atoms with Crippen molar-refractivity contribution >= 4 is 0 Å². The van der Waals surface area contributed by atoms with E-state index in [2.05, 4.69) is 0 Å². The Labute approximate surface area is 431 Å². The molecule has 33 heteroatoms. The van der Waals surface area contributed by atoms with Crippen LogP contribution in [0.15, 0.2) is 0 Å². The van der Waals surface area contributed by atoms with Crippen LogP contribution in [0, 0.1) is 5.92 Å². The molecule has 0 aromatic carbocycles. The molecule has 21 saturated heterocycles. The smallest absolute Gasteiger partial charge is 0.187 e. The van der Waals surface area contributed by atoms with E-state index in [-0.39, 0.29) is 0 Å². The lowest BCUT2D eigenvalue weighted by Gasteiger charge is -2.50. The second kappa shape index (κ2) is 25.9. The van der Waals surface area contributed by atoms with Crippen LogP contribution in [0.2, 0.25) is 0 Å². The summed E-state index contributed by atoms with van der Waals surface area (Å²) in [6.07, 6.45) is -60.8. The second-order valence-electron chi connectivity index (χ2n) is 19.9. The molecular formula is C43H72O33. The summed E-state index contributed by atoms with van der Waals surface area (Å²) >= 11 is 0. The average molecular weight is 1120 g/mol. The molecule has 442 valence electrons. The quantitative estimate of drug-likeness (QED) is 0.113. The van der Waals surface area contributed by atoms with Crippen LogP contribution in [-0.2, 0) is 66.3 Å². The van der Waals surface area contributed by atoms with Gasteiger partial charge in [0.15, 0.2) is 44.0 Å².